The SMILES string of the molecule is CCCCCC(N)N.O=C(O)/C=C/C(=O)O.O=C(O)/C=C/C(=O)O. The molecule has 0 rings (SSSR count). The highest BCUT2D eigenvalue weighted by molar-refractivity contribution is 5.90. The molecule has 0 heterocycles. The Labute approximate surface area is 139 Å². The number of rotatable bonds is 8. The summed E-state index contributed by atoms with van der Waals surface area (Å²) in [5.41, 5.74) is 10.6. The zero-order valence-corrected chi connectivity index (χ0v) is 13.3. The fraction of sp³-hybridized carbons (Fsp3) is 0.429. The Balaban J connectivity index is -0.000000276. The first-order valence-corrected chi connectivity index (χ1v) is 6.81. The molecule has 8 N–H and O–H groups in total. The number of hydrogen-bond donors (Lipinski definition) is 6. The van der Waals surface area contributed by atoms with Crippen LogP contribution in [0.1, 0.15) is 32.6 Å². The van der Waals surface area contributed by atoms with E-state index < -0.39 is 23.9 Å². The van der Waals surface area contributed by atoms with Crippen LogP contribution in [-0.4, -0.2) is 50.5 Å². The topological polar surface area (TPSA) is 201 Å². The Hall–Kier alpha value is -2.72. The van der Waals surface area contributed by atoms with Crippen molar-refractivity contribution in [2.45, 2.75) is 38.8 Å². The minimum Gasteiger partial charge on any atom is -0.478 e. The van der Waals surface area contributed by atoms with E-state index in [0.29, 0.717) is 24.3 Å². The summed E-state index contributed by atoms with van der Waals surface area (Å²) >= 11 is 0. The quantitative estimate of drug-likeness (QED) is 0.200. The van der Waals surface area contributed by atoms with E-state index in [9.17, 15) is 19.2 Å². The first kappa shape index (κ1) is 26.2. The maximum Gasteiger partial charge on any atom is 0.328 e. The highest BCUT2D eigenvalue weighted by Gasteiger charge is 1.91. The number of aliphatic carboxylic acids is 4. The summed E-state index contributed by atoms with van der Waals surface area (Å²) < 4.78 is 0. The lowest BCUT2D eigenvalue weighted by Gasteiger charge is -2.01. The highest BCUT2D eigenvalue weighted by atomic mass is 16.4. The molecule has 0 aliphatic rings. The van der Waals surface area contributed by atoms with Gasteiger partial charge in [0.15, 0.2) is 0 Å². The van der Waals surface area contributed by atoms with Crippen molar-refractivity contribution in [2.24, 2.45) is 11.5 Å². The van der Waals surface area contributed by atoms with E-state index in [0.717, 1.165) is 6.42 Å². The highest BCUT2D eigenvalue weighted by Crippen LogP contribution is 1.97. The monoisotopic (exact) mass is 348 g/mol. The molecule has 0 amide bonds. The number of carboxylic acid groups (broad SMARTS) is 4. The molecule has 0 aromatic rings. The molecular formula is C14H24N2O8. The van der Waals surface area contributed by atoms with E-state index in [-0.39, 0.29) is 6.17 Å². The van der Waals surface area contributed by atoms with Gasteiger partial charge in [-0.3, -0.25) is 0 Å². The van der Waals surface area contributed by atoms with Crippen LogP contribution in [0.4, 0.5) is 0 Å². The van der Waals surface area contributed by atoms with Crippen molar-refractivity contribution in [3.05, 3.63) is 24.3 Å². The van der Waals surface area contributed by atoms with Gasteiger partial charge in [0.1, 0.15) is 0 Å². The summed E-state index contributed by atoms with van der Waals surface area (Å²) in [4.78, 5) is 38.2. The minimum absolute atomic E-state index is 0.0958. The van der Waals surface area contributed by atoms with Gasteiger partial charge in [-0.05, 0) is 6.42 Å². The first-order valence-electron chi connectivity index (χ1n) is 6.81. The van der Waals surface area contributed by atoms with Gasteiger partial charge in [0, 0.05) is 24.3 Å². The zero-order chi connectivity index (χ0) is 19.5. The second-order valence-corrected chi connectivity index (χ2v) is 4.18. The summed E-state index contributed by atoms with van der Waals surface area (Å²) in [5, 5.41) is 31.2. The van der Waals surface area contributed by atoms with Crippen LogP contribution in [0.3, 0.4) is 0 Å². The maximum atomic E-state index is 9.55. The van der Waals surface area contributed by atoms with E-state index in [2.05, 4.69) is 6.92 Å². The number of nitrogens with two attached hydrogens (primary N) is 2. The Bertz CT molecular complexity index is 378. The summed E-state index contributed by atoms with van der Waals surface area (Å²) in [6, 6.07) is 0. The molecule has 24 heavy (non-hydrogen) atoms. The molecule has 0 spiro atoms. The molecule has 0 aliphatic heterocycles. The van der Waals surface area contributed by atoms with Crippen molar-refractivity contribution in [2.75, 3.05) is 0 Å². The lowest BCUT2D eigenvalue weighted by molar-refractivity contribution is -0.134. The summed E-state index contributed by atoms with van der Waals surface area (Å²) in [6.07, 6.45) is 6.77. The van der Waals surface area contributed by atoms with E-state index in [1.54, 1.807) is 0 Å². The molecular weight excluding hydrogens is 324 g/mol. The Morgan fingerprint density at radius 2 is 1.04 bits per heavy atom. The molecule has 0 unspecified atom stereocenters. The lowest BCUT2D eigenvalue weighted by Crippen LogP contribution is -2.29. The van der Waals surface area contributed by atoms with Crippen LogP contribution in [0.5, 0.6) is 0 Å². The molecule has 0 aromatic carbocycles. The standard InChI is InChI=1S/C6H16N2.2C4H4O4/c1-2-3-4-5-6(7)8;2*5-3(6)1-2-4(7)8/h6H,2-5,7-8H2,1H3;2*1-2H,(H,5,6)(H,7,8)/b;2*2-1+. The zero-order valence-electron chi connectivity index (χ0n) is 13.3. The molecule has 0 aliphatic carbocycles. The van der Waals surface area contributed by atoms with Gasteiger partial charge in [0.05, 0.1) is 6.17 Å². The van der Waals surface area contributed by atoms with Gasteiger partial charge < -0.3 is 31.9 Å². The molecule has 0 saturated carbocycles. The van der Waals surface area contributed by atoms with Crippen molar-refractivity contribution in [1.29, 1.82) is 0 Å². The first-order chi connectivity index (χ1) is 11.0. The van der Waals surface area contributed by atoms with Gasteiger partial charge in [-0.1, -0.05) is 26.2 Å². The van der Waals surface area contributed by atoms with Gasteiger partial charge in [0.2, 0.25) is 0 Å². The molecule has 138 valence electrons. The third-order valence-electron chi connectivity index (χ3n) is 1.88. The van der Waals surface area contributed by atoms with Gasteiger partial charge in [0.25, 0.3) is 0 Å². The molecule has 0 saturated heterocycles. The molecule has 0 atom stereocenters. The van der Waals surface area contributed by atoms with Gasteiger partial charge >= 0.3 is 23.9 Å². The second-order valence-electron chi connectivity index (χ2n) is 4.18. The van der Waals surface area contributed by atoms with E-state index in [4.69, 9.17) is 31.9 Å². The van der Waals surface area contributed by atoms with E-state index in [1.807, 2.05) is 0 Å². The summed E-state index contributed by atoms with van der Waals surface area (Å²) in [6.45, 7) is 2.17. The van der Waals surface area contributed by atoms with Crippen molar-refractivity contribution in [1.82, 2.24) is 0 Å². The van der Waals surface area contributed by atoms with Crippen LogP contribution in [0, 0.1) is 0 Å². The van der Waals surface area contributed by atoms with Crippen LogP contribution in [0.25, 0.3) is 0 Å². The van der Waals surface area contributed by atoms with Crippen molar-refractivity contribution < 1.29 is 39.6 Å². The normalized spacial score (nSPS) is 9.83. The average Bonchev–Trinajstić information content (AvgIpc) is 2.44. The van der Waals surface area contributed by atoms with Gasteiger partial charge in [-0.15, -0.1) is 0 Å². The third kappa shape index (κ3) is 42.7. The fourth-order valence-corrected chi connectivity index (χ4v) is 0.915. The number of unbranched alkanes of at least 4 members (excludes halogenated alkanes) is 2. The van der Waals surface area contributed by atoms with Crippen LogP contribution >= 0.6 is 0 Å². The van der Waals surface area contributed by atoms with Crippen LogP contribution in [0.2, 0.25) is 0 Å². The predicted octanol–water partition coefficient (Wildman–Crippen LogP) is 0.234. The largest absolute Gasteiger partial charge is 0.478 e. The van der Waals surface area contributed by atoms with Gasteiger partial charge in [-0.25, -0.2) is 19.2 Å². The van der Waals surface area contributed by atoms with E-state index >= 15 is 0 Å². The van der Waals surface area contributed by atoms with Gasteiger partial charge in [-0.2, -0.15) is 0 Å². The van der Waals surface area contributed by atoms with E-state index in [1.165, 1.54) is 19.3 Å². The number of carbonyl (C=O) groups is 4. The van der Waals surface area contributed by atoms with Crippen LogP contribution in [0.15, 0.2) is 24.3 Å². The Kier molecular flexibility index (Phi) is 20.0. The predicted molar refractivity (Wildman–Crippen MR) is 85.1 cm³/mol. The lowest BCUT2D eigenvalue weighted by atomic mass is 10.2. The molecule has 0 aromatic heterocycles. The molecule has 0 radical (unpaired) electrons. The van der Waals surface area contributed by atoms with Crippen molar-refractivity contribution in [3.63, 3.8) is 0 Å². The fourth-order valence-electron chi connectivity index (χ4n) is 0.915. The second kappa shape index (κ2) is 18.3. The average molecular weight is 348 g/mol. The van der Waals surface area contributed by atoms with Crippen molar-refractivity contribution >= 4 is 23.9 Å². The molecule has 0 bridgehead atoms. The molecule has 10 heteroatoms. The van der Waals surface area contributed by atoms with Crippen molar-refractivity contribution in [3.8, 4) is 0 Å². The number of carboxylic acids is 4. The minimum atomic E-state index is -1.26. The summed E-state index contributed by atoms with van der Waals surface area (Å²) in [7, 11) is 0. The Morgan fingerprint density at radius 1 is 0.750 bits per heavy atom. The smallest absolute Gasteiger partial charge is 0.328 e. The molecule has 10 nitrogen and oxygen atoms in total. The van der Waals surface area contributed by atoms with Crippen LogP contribution < -0.4 is 11.5 Å². The Morgan fingerprint density at radius 3 is 1.21 bits per heavy atom. The molecule has 0 fully saturated rings. The van der Waals surface area contributed by atoms with Crippen LogP contribution in [-0.2, 0) is 19.2 Å². The third-order valence-corrected chi connectivity index (χ3v) is 1.88. The summed E-state index contributed by atoms with van der Waals surface area (Å²) in [5.74, 6) is -5.03. The number of hydrogen-bond acceptors (Lipinski definition) is 6. The maximum absolute atomic E-state index is 9.55.